The molecular weight excluding hydrogens is 271 g/mol. The summed E-state index contributed by atoms with van der Waals surface area (Å²) in [6.45, 7) is 4.83. The average molecular weight is 292 g/mol. The molecule has 0 saturated carbocycles. The number of amides is 1. The van der Waals surface area contributed by atoms with E-state index in [0.29, 0.717) is 17.6 Å². The third-order valence-electron chi connectivity index (χ3n) is 4.88. The molecule has 21 heavy (non-hydrogen) atoms. The Morgan fingerprint density at radius 1 is 1.33 bits per heavy atom. The maximum Gasteiger partial charge on any atom is 0.257 e. The van der Waals surface area contributed by atoms with Crippen molar-refractivity contribution in [2.24, 2.45) is 11.8 Å². The number of rotatable bonds is 2. The van der Waals surface area contributed by atoms with E-state index < -0.39 is 5.82 Å². The van der Waals surface area contributed by atoms with E-state index in [4.69, 9.17) is 4.74 Å². The van der Waals surface area contributed by atoms with E-state index in [9.17, 15) is 9.18 Å². The molecule has 5 heteroatoms. The van der Waals surface area contributed by atoms with Crippen LogP contribution in [0, 0.1) is 17.7 Å². The predicted octanol–water partition coefficient (Wildman–Crippen LogP) is 1.86. The molecule has 0 radical (unpaired) electrons. The van der Waals surface area contributed by atoms with Gasteiger partial charge in [0.25, 0.3) is 5.91 Å². The first-order valence-electron chi connectivity index (χ1n) is 7.34. The summed E-state index contributed by atoms with van der Waals surface area (Å²) in [6.07, 6.45) is 0. The molecule has 1 aromatic carbocycles. The molecule has 114 valence electrons. The number of benzene rings is 1. The number of carbonyl (C=O) groups is 1. The molecule has 2 aliphatic heterocycles. The van der Waals surface area contributed by atoms with Crippen LogP contribution in [0.5, 0.6) is 5.75 Å². The van der Waals surface area contributed by atoms with Crippen molar-refractivity contribution < 1.29 is 13.9 Å². The number of fused-ring (bicyclic) bond motifs is 1. The van der Waals surface area contributed by atoms with Crippen molar-refractivity contribution in [1.82, 2.24) is 9.80 Å². The van der Waals surface area contributed by atoms with Crippen LogP contribution in [0.25, 0.3) is 0 Å². The summed E-state index contributed by atoms with van der Waals surface area (Å²) in [5.74, 6) is 0.716. The van der Waals surface area contributed by atoms with Crippen LogP contribution in [0.15, 0.2) is 18.2 Å². The maximum absolute atomic E-state index is 14.1. The lowest BCUT2D eigenvalue weighted by Crippen LogP contribution is -2.38. The minimum atomic E-state index is -0.513. The lowest BCUT2D eigenvalue weighted by molar-refractivity contribution is 0.0714. The third-order valence-corrected chi connectivity index (χ3v) is 4.88. The number of nitrogens with zero attached hydrogens (tertiary/aromatic N) is 2. The molecular formula is C16H21FN2O2. The van der Waals surface area contributed by atoms with Crippen molar-refractivity contribution in [3.05, 3.63) is 29.6 Å². The zero-order valence-electron chi connectivity index (χ0n) is 12.7. The normalized spacial score (nSPS) is 28.8. The fourth-order valence-corrected chi connectivity index (χ4v) is 3.73. The molecule has 1 aromatic rings. The van der Waals surface area contributed by atoms with Gasteiger partial charge >= 0.3 is 0 Å². The molecule has 0 spiro atoms. The Labute approximate surface area is 124 Å². The van der Waals surface area contributed by atoms with Crippen LogP contribution in [0.2, 0.25) is 0 Å². The Bertz CT molecular complexity index is 563. The first-order valence-corrected chi connectivity index (χ1v) is 7.34. The zero-order valence-corrected chi connectivity index (χ0v) is 12.7. The van der Waals surface area contributed by atoms with Gasteiger partial charge in [-0.3, -0.25) is 4.79 Å². The summed E-state index contributed by atoms with van der Waals surface area (Å²) in [4.78, 5) is 16.8. The Kier molecular flexibility index (Phi) is 3.61. The molecule has 1 amide bonds. The standard InChI is InChI=1S/C16H21FN2O2/c1-10-14-9-18(2)7-11(14)8-19(10)16(20)13-5-4-12(21-3)6-15(13)17/h4-6,10-11,14H,7-9H2,1-3H3/t10-,11+,14-/m0/s1. The van der Waals surface area contributed by atoms with Gasteiger partial charge in [0.05, 0.1) is 12.7 Å². The van der Waals surface area contributed by atoms with Crippen LogP contribution in [-0.4, -0.2) is 55.5 Å². The van der Waals surface area contributed by atoms with Gasteiger partial charge in [0, 0.05) is 31.7 Å². The lowest BCUT2D eigenvalue weighted by Gasteiger charge is -2.26. The van der Waals surface area contributed by atoms with Crippen LogP contribution < -0.4 is 4.74 Å². The molecule has 0 N–H and O–H groups in total. The molecule has 0 unspecified atom stereocenters. The van der Waals surface area contributed by atoms with Gasteiger partial charge in [-0.05, 0) is 37.9 Å². The Balaban J connectivity index is 1.80. The van der Waals surface area contributed by atoms with Crippen LogP contribution in [0.1, 0.15) is 17.3 Å². The number of carbonyl (C=O) groups excluding carboxylic acids is 1. The topological polar surface area (TPSA) is 32.8 Å². The van der Waals surface area contributed by atoms with Gasteiger partial charge in [0.2, 0.25) is 0 Å². The van der Waals surface area contributed by atoms with E-state index >= 15 is 0 Å². The molecule has 0 aliphatic carbocycles. The minimum absolute atomic E-state index is 0.135. The maximum atomic E-state index is 14.1. The molecule has 0 bridgehead atoms. The molecule has 3 atom stereocenters. The second-order valence-electron chi connectivity index (χ2n) is 6.19. The van der Waals surface area contributed by atoms with Gasteiger partial charge < -0.3 is 14.5 Å². The number of ether oxygens (including phenoxy) is 1. The third kappa shape index (κ3) is 2.39. The van der Waals surface area contributed by atoms with Crippen molar-refractivity contribution in [1.29, 1.82) is 0 Å². The number of hydrogen-bond acceptors (Lipinski definition) is 3. The number of halogens is 1. The highest BCUT2D eigenvalue weighted by atomic mass is 19.1. The van der Waals surface area contributed by atoms with Crippen LogP contribution in [0.4, 0.5) is 4.39 Å². The van der Waals surface area contributed by atoms with Gasteiger partial charge in [-0.2, -0.15) is 0 Å². The largest absolute Gasteiger partial charge is 0.497 e. The lowest BCUT2D eigenvalue weighted by atomic mass is 9.95. The monoisotopic (exact) mass is 292 g/mol. The van der Waals surface area contributed by atoms with Crippen LogP contribution in [0.3, 0.4) is 0 Å². The molecule has 0 aromatic heterocycles. The quantitative estimate of drug-likeness (QED) is 0.834. The van der Waals surface area contributed by atoms with E-state index in [0.717, 1.165) is 19.6 Å². The van der Waals surface area contributed by atoms with Crippen molar-refractivity contribution in [2.45, 2.75) is 13.0 Å². The fourth-order valence-electron chi connectivity index (χ4n) is 3.73. The smallest absolute Gasteiger partial charge is 0.257 e. The average Bonchev–Trinajstić information content (AvgIpc) is 2.96. The second kappa shape index (κ2) is 5.30. The van der Waals surface area contributed by atoms with E-state index in [2.05, 4.69) is 18.9 Å². The van der Waals surface area contributed by atoms with Crippen molar-refractivity contribution >= 4 is 5.91 Å². The highest BCUT2D eigenvalue weighted by molar-refractivity contribution is 5.95. The van der Waals surface area contributed by atoms with E-state index in [1.54, 1.807) is 6.07 Å². The zero-order chi connectivity index (χ0) is 15.1. The Morgan fingerprint density at radius 2 is 2.10 bits per heavy atom. The summed E-state index contributed by atoms with van der Waals surface area (Å²) in [5, 5.41) is 0. The van der Waals surface area contributed by atoms with E-state index in [1.165, 1.54) is 19.2 Å². The Hall–Kier alpha value is -1.62. The SMILES string of the molecule is COc1ccc(C(=O)N2C[C@H]3CN(C)C[C@H]3[C@@H]2C)c(F)c1. The van der Waals surface area contributed by atoms with E-state index in [1.807, 2.05) is 4.90 Å². The molecule has 3 rings (SSSR count). The number of likely N-dealkylation sites (tertiary alicyclic amines) is 2. The van der Waals surface area contributed by atoms with Gasteiger partial charge in [-0.15, -0.1) is 0 Å². The number of methoxy groups -OCH3 is 1. The minimum Gasteiger partial charge on any atom is -0.497 e. The first kappa shape index (κ1) is 14.3. The van der Waals surface area contributed by atoms with Crippen molar-refractivity contribution in [2.75, 3.05) is 33.8 Å². The highest BCUT2D eigenvalue weighted by Gasteiger charge is 2.45. The summed E-state index contributed by atoms with van der Waals surface area (Å²) < 4.78 is 19.1. The van der Waals surface area contributed by atoms with E-state index in [-0.39, 0.29) is 17.5 Å². The van der Waals surface area contributed by atoms with Gasteiger partial charge in [-0.25, -0.2) is 4.39 Å². The molecule has 2 saturated heterocycles. The van der Waals surface area contributed by atoms with Gasteiger partial charge in [0.1, 0.15) is 11.6 Å². The first-order chi connectivity index (χ1) is 10.0. The fraction of sp³-hybridized carbons (Fsp3) is 0.562. The summed E-state index contributed by atoms with van der Waals surface area (Å²) >= 11 is 0. The molecule has 2 fully saturated rings. The van der Waals surface area contributed by atoms with Crippen LogP contribution in [-0.2, 0) is 0 Å². The van der Waals surface area contributed by atoms with Gasteiger partial charge in [-0.1, -0.05) is 0 Å². The summed E-state index contributed by atoms with van der Waals surface area (Å²) in [5.41, 5.74) is 0.135. The predicted molar refractivity (Wildman–Crippen MR) is 77.9 cm³/mol. The number of hydrogen-bond donors (Lipinski definition) is 0. The Morgan fingerprint density at radius 3 is 2.71 bits per heavy atom. The second-order valence-corrected chi connectivity index (χ2v) is 6.19. The van der Waals surface area contributed by atoms with Crippen LogP contribution >= 0.6 is 0 Å². The summed E-state index contributed by atoms with van der Waals surface area (Å²) in [7, 11) is 3.59. The summed E-state index contributed by atoms with van der Waals surface area (Å²) in [6, 6.07) is 4.58. The van der Waals surface area contributed by atoms with Crippen molar-refractivity contribution in [3.63, 3.8) is 0 Å². The molecule has 4 nitrogen and oxygen atoms in total. The van der Waals surface area contributed by atoms with Gasteiger partial charge in [0.15, 0.2) is 0 Å². The van der Waals surface area contributed by atoms with Crippen molar-refractivity contribution in [3.8, 4) is 5.75 Å². The molecule has 2 aliphatic rings. The highest BCUT2D eigenvalue weighted by Crippen LogP contribution is 2.36. The molecule has 2 heterocycles.